The lowest BCUT2D eigenvalue weighted by atomic mass is 10.1. The minimum Gasteiger partial charge on any atom is -0.338 e. The monoisotopic (exact) mass is 330 g/mol. The molecule has 1 aromatic rings. The highest BCUT2D eigenvalue weighted by Gasteiger charge is 2.24. The summed E-state index contributed by atoms with van der Waals surface area (Å²) in [6.07, 6.45) is 0.476. The van der Waals surface area contributed by atoms with Crippen LogP contribution in [0.2, 0.25) is 5.15 Å². The Morgan fingerprint density at radius 1 is 1.29 bits per heavy atom. The Balaban J connectivity index is 2.23. The van der Waals surface area contributed by atoms with E-state index in [1.807, 2.05) is 13.8 Å². The summed E-state index contributed by atoms with van der Waals surface area (Å²) < 4.78 is 23.2. The fourth-order valence-electron chi connectivity index (χ4n) is 2.26. The second kappa shape index (κ2) is 6.32. The summed E-state index contributed by atoms with van der Waals surface area (Å²) >= 11 is 5.98. The first-order valence-corrected chi connectivity index (χ1v) is 9.15. The van der Waals surface area contributed by atoms with Crippen LogP contribution in [0.5, 0.6) is 0 Å². The highest BCUT2D eigenvalue weighted by molar-refractivity contribution is 7.91. The number of carbonyl (C=O) groups is 1. The SMILES string of the molecule is CC(C)c1cc(C(=O)N2CCCS(=O)(=O)CC2)cc(Cl)n1. The van der Waals surface area contributed by atoms with Crippen LogP contribution in [0.1, 0.15) is 42.2 Å². The highest BCUT2D eigenvalue weighted by atomic mass is 35.5. The fraction of sp³-hybridized carbons (Fsp3) is 0.571. The van der Waals surface area contributed by atoms with Crippen LogP contribution in [0.25, 0.3) is 0 Å². The standard InChI is InChI=1S/C14H19ClN2O3S/c1-10(2)12-8-11(9-13(15)16-12)14(18)17-4-3-6-21(19,20)7-5-17/h8-10H,3-7H2,1-2H3. The van der Waals surface area contributed by atoms with E-state index in [1.165, 1.54) is 6.07 Å². The minimum absolute atomic E-state index is 0.0224. The molecule has 0 bridgehead atoms. The zero-order valence-corrected chi connectivity index (χ0v) is 13.7. The van der Waals surface area contributed by atoms with E-state index in [9.17, 15) is 13.2 Å². The van der Waals surface area contributed by atoms with Gasteiger partial charge in [0.05, 0.1) is 11.5 Å². The molecule has 1 aromatic heterocycles. The molecule has 116 valence electrons. The number of pyridine rings is 1. The number of carbonyl (C=O) groups excluding carboxylic acids is 1. The third kappa shape index (κ3) is 4.17. The van der Waals surface area contributed by atoms with Crippen LogP contribution < -0.4 is 0 Å². The molecule has 0 N–H and O–H groups in total. The highest BCUT2D eigenvalue weighted by Crippen LogP contribution is 2.19. The van der Waals surface area contributed by atoms with Crippen molar-refractivity contribution < 1.29 is 13.2 Å². The van der Waals surface area contributed by atoms with Crippen LogP contribution >= 0.6 is 11.6 Å². The van der Waals surface area contributed by atoms with Crippen molar-refractivity contribution >= 4 is 27.3 Å². The molecule has 0 unspecified atom stereocenters. The van der Waals surface area contributed by atoms with E-state index in [4.69, 9.17) is 11.6 Å². The number of nitrogens with zero attached hydrogens (tertiary/aromatic N) is 2. The fourth-order valence-corrected chi connectivity index (χ4v) is 3.75. The number of hydrogen-bond donors (Lipinski definition) is 0. The lowest BCUT2D eigenvalue weighted by molar-refractivity contribution is 0.0768. The van der Waals surface area contributed by atoms with Gasteiger partial charge in [-0.3, -0.25) is 4.79 Å². The topological polar surface area (TPSA) is 67.3 Å². The zero-order valence-electron chi connectivity index (χ0n) is 12.2. The number of amides is 1. The second-order valence-electron chi connectivity index (χ2n) is 5.56. The molecule has 0 atom stereocenters. The van der Waals surface area contributed by atoms with Crippen molar-refractivity contribution in [2.75, 3.05) is 24.6 Å². The van der Waals surface area contributed by atoms with E-state index < -0.39 is 9.84 Å². The van der Waals surface area contributed by atoms with Gasteiger partial charge in [0.15, 0.2) is 9.84 Å². The largest absolute Gasteiger partial charge is 0.338 e. The molecular formula is C14H19ClN2O3S. The third-order valence-electron chi connectivity index (χ3n) is 3.50. The lowest BCUT2D eigenvalue weighted by Gasteiger charge is -2.20. The number of hydrogen-bond acceptors (Lipinski definition) is 4. The molecule has 1 aliphatic rings. The summed E-state index contributed by atoms with van der Waals surface area (Å²) in [6.45, 7) is 4.64. The molecule has 0 aliphatic carbocycles. The Morgan fingerprint density at radius 3 is 2.67 bits per heavy atom. The van der Waals surface area contributed by atoms with E-state index in [1.54, 1.807) is 11.0 Å². The van der Waals surface area contributed by atoms with Gasteiger partial charge < -0.3 is 4.90 Å². The van der Waals surface area contributed by atoms with Gasteiger partial charge in [0.1, 0.15) is 5.15 Å². The van der Waals surface area contributed by atoms with Crippen molar-refractivity contribution in [1.29, 1.82) is 0 Å². The van der Waals surface area contributed by atoms with Crippen LogP contribution in [0.3, 0.4) is 0 Å². The van der Waals surface area contributed by atoms with Gasteiger partial charge in [0, 0.05) is 24.3 Å². The maximum atomic E-state index is 12.5. The van der Waals surface area contributed by atoms with Crippen molar-refractivity contribution in [2.45, 2.75) is 26.2 Å². The van der Waals surface area contributed by atoms with Crippen LogP contribution in [0.4, 0.5) is 0 Å². The third-order valence-corrected chi connectivity index (χ3v) is 5.40. The molecule has 0 saturated carbocycles. The van der Waals surface area contributed by atoms with E-state index >= 15 is 0 Å². The minimum atomic E-state index is -3.03. The van der Waals surface area contributed by atoms with Gasteiger partial charge in [-0.2, -0.15) is 0 Å². The lowest BCUT2D eigenvalue weighted by Crippen LogP contribution is -2.33. The van der Waals surface area contributed by atoms with Crippen molar-refractivity contribution in [3.8, 4) is 0 Å². The number of rotatable bonds is 2. The molecule has 5 nitrogen and oxygen atoms in total. The molecule has 0 aromatic carbocycles. The quantitative estimate of drug-likeness (QED) is 0.779. The average Bonchev–Trinajstić information content (AvgIpc) is 2.58. The van der Waals surface area contributed by atoms with Gasteiger partial charge in [0.25, 0.3) is 5.91 Å². The van der Waals surface area contributed by atoms with Gasteiger partial charge in [-0.15, -0.1) is 0 Å². The van der Waals surface area contributed by atoms with Crippen LogP contribution in [0, 0.1) is 0 Å². The van der Waals surface area contributed by atoms with Crippen LogP contribution in [-0.4, -0.2) is 48.8 Å². The van der Waals surface area contributed by atoms with E-state index in [2.05, 4.69) is 4.98 Å². The molecule has 21 heavy (non-hydrogen) atoms. The predicted molar refractivity (Wildman–Crippen MR) is 82.5 cm³/mol. The molecule has 1 saturated heterocycles. The number of aromatic nitrogens is 1. The molecule has 7 heteroatoms. The molecular weight excluding hydrogens is 312 g/mol. The Bertz CT molecular complexity index is 644. The summed E-state index contributed by atoms with van der Waals surface area (Å²) in [5.41, 5.74) is 1.23. The van der Waals surface area contributed by atoms with Gasteiger partial charge in [-0.05, 0) is 24.5 Å². The van der Waals surface area contributed by atoms with Gasteiger partial charge in [-0.25, -0.2) is 13.4 Å². The number of halogens is 1. The van der Waals surface area contributed by atoms with Gasteiger partial charge in [-0.1, -0.05) is 25.4 Å². The first-order chi connectivity index (χ1) is 9.78. The molecule has 0 spiro atoms. The summed E-state index contributed by atoms with van der Waals surface area (Å²) in [4.78, 5) is 18.3. The second-order valence-corrected chi connectivity index (χ2v) is 8.25. The van der Waals surface area contributed by atoms with E-state index in [0.717, 1.165) is 5.69 Å². The smallest absolute Gasteiger partial charge is 0.254 e. The average molecular weight is 331 g/mol. The first-order valence-electron chi connectivity index (χ1n) is 6.96. The summed E-state index contributed by atoms with van der Waals surface area (Å²) in [6, 6.07) is 3.27. The maximum Gasteiger partial charge on any atom is 0.254 e. The normalized spacial score (nSPS) is 18.6. The predicted octanol–water partition coefficient (Wildman–Crippen LogP) is 2.12. The molecule has 1 aliphatic heterocycles. The van der Waals surface area contributed by atoms with Gasteiger partial charge >= 0.3 is 0 Å². The van der Waals surface area contributed by atoms with E-state index in [-0.39, 0.29) is 35.0 Å². The molecule has 1 fully saturated rings. The first kappa shape index (κ1) is 16.2. The molecule has 2 heterocycles. The number of sulfone groups is 1. The Hall–Kier alpha value is -1.14. The summed E-state index contributed by atoms with van der Waals surface area (Å²) in [5.74, 6) is 0.151. The Labute approximate surface area is 130 Å². The van der Waals surface area contributed by atoms with Crippen molar-refractivity contribution in [3.63, 3.8) is 0 Å². The van der Waals surface area contributed by atoms with Crippen LogP contribution in [0.15, 0.2) is 12.1 Å². The molecule has 1 amide bonds. The molecule has 0 radical (unpaired) electrons. The van der Waals surface area contributed by atoms with Crippen molar-refractivity contribution in [3.05, 3.63) is 28.5 Å². The maximum absolute atomic E-state index is 12.5. The summed E-state index contributed by atoms with van der Waals surface area (Å²) in [7, 11) is -3.03. The zero-order chi connectivity index (χ0) is 15.6. The van der Waals surface area contributed by atoms with Crippen molar-refractivity contribution in [2.24, 2.45) is 0 Å². The van der Waals surface area contributed by atoms with Gasteiger partial charge in [0.2, 0.25) is 0 Å². The Kier molecular flexibility index (Phi) is 4.88. The van der Waals surface area contributed by atoms with Crippen molar-refractivity contribution in [1.82, 2.24) is 9.88 Å². The summed E-state index contributed by atoms with van der Waals surface area (Å²) in [5, 5.41) is 0.284. The van der Waals surface area contributed by atoms with E-state index in [0.29, 0.717) is 18.5 Å². The Morgan fingerprint density at radius 2 is 2.00 bits per heavy atom. The van der Waals surface area contributed by atoms with Crippen LogP contribution in [-0.2, 0) is 9.84 Å². The molecule has 2 rings (SSSR count).